The van der Waals surface area contributed by atoms with E-state index in [9.17, 15) is 4.39 Å². The van der Waals surface area contributed by atoms with Gasteiger partial charge in [0.1, 0.15) is 5.82 Å². The van der Waals surface area contributed by atoms with Crippen LogP contribution in [-0.2, 0) is 0 Å². The van der Waals surface area contributed by atoms with E-state index in [1.165, 1.54) is 6.07 Å². The molecule has 0 aliphatic heterocycles. The number of anilines is 1. The third kappa shape index (κ3) is 3.11. The minimum atomic E-state index is -0.293. The van der Waals surface area contributed by atoms with Gasteiger partial charge in [-0.2, -0.15) is 5.26 Å². The number of benzene rings is 2. The highest BCUT2D eigenvalue weighted by Crippen LogP contribution is 2.26. The molecule has 1 atom stereocenters. The second-order valence-electron chi connectivity index (χ2n) is 4.40. The number of para-hydroxylation sites is 1. The van der Waals surface area contributed by atoms with Crippen LogP contribution in [0.5, 0.6) is 0 Å². The van der Waals surface area contributed by atoms with Crippen molar-refractivity contribution in [3.05, 3.63) is 65.5 Å². The van der Waals surface area contributed by atoms with Gasteiger partial charge in [0.25, 0.3) is 0 Å². The van der Waals surface area contributed by atoms with Crippen molar-refractivity contribution < 1.29 is 4.39 Å². The molecule has 1 N–H and O–H groups in total. The van der Waals surface area contributed by atoms with E-state index in [0.29, 0.717) is 5.69 Å². The van der Waals surface area contributed by atoms with Gasteiger partial charge in [-0.3, -0.25) is 0 Å². The number of aryl methyl sites for hydroxylation is 1. The van der Waals surface area contributed by atoms with Crippen molar-refractivity contribution in [2.75, 3.05) is 5.32 Å². The molecule has 0 heterocycles. The van der Waals surface area contributed by atoms with Crippen LogP contribution < -0.4 is 5.32 Å². The number of nitrogens with one attached hydrogen (secondary N) is 1. The largest absolute Gasteiger partial charge is 0.375 e. The topological polar surface area (TPSA) is 35.8 Å². The smallest absolute Gasteiger partial charge is 0.146 e. The maximum atomic E-state index is 13.8. The first-order chi connectivity index (χ1) is 9.22. The zero-order chi connectivity index (χ0) is 13.7. The molecule has 0 fully saturated rings. The van der Waals surface area contributed by atoms with E-state index in [4.69, 9.17) is 5.26 Å². The lowest BCUT2D eigenvalue weighted by atomic mass is 10.0. The Morgan fingerprint density at radius 1 is 1.16 bits per heavy atom. The highest BCUT2D eigenvalue weighted by molar-refractivity contribution is 5.53. The molecule has 0 aromatic heterocycles. The summed E-state index contributed by atoms with van der Waals surface area (Å²) in [5.74, 6) is -0.293. The number of halogens is 1. The van der Waals surface area contributed by atoms with Crippen molar-refractivity contribution in [1.82, 2.24) is 0 Å². The predicted octanol–water partition coefficient (Wildman–Crippen LogP) is 4.20. The summed E-state index contributed by atoms with van der Waals surface area (Å²) < 4.78 is 13.8. The van der Waals surface area contributed by atoms with Gasteiger partial charge >= 0.3 is 0 Å². The molecule has 96 valence electrons. The maximum absolute atomic E-state index is 13.8. The van der Waals surface area contributed by atoms with Gasteiger partial charge in [-0.25, -0.2) is 4.39 Å². The number of rotatable bonds is 4. The number of nitriles is 1. The molecule has 0 radical (unpaired) electrons. The van der Waals surface area contributed by atoms with Crippen LogP contribution in [0.4, 0.5) is 10.1 Å². The molecular formula is C16H15FN2. The van der Waals surface area contributed by atoms with E-state index in [1.807, 2.05) is 43.3 Å². The first-order valence-electron chi connectivity index (χ1n) is 6.16. The van der Waals surface area contributed by atoms with Gasteiger partial charge in [-0.15, -0.1) is 0 Å². The van der Waals surface area contributed by atoms with Crippen molar-refractivity contribution >= 4 is 5.69 Å². The monoisotopic (exact) mass is 254 g/mol. The summed E-state index contributed by atoms with van der Waals surface area (Å²) in [7, 11) is 0. The van der Waals surface area contributed by atoms with E-state index in [2.05, 4.69) is 11.4 Å². The summed E-state index contributed by atoms with van der Waals surface area (Å²) in [6.45, 7) is 1.85. The molecule has 2 aromatic carbocycles. The Kier molecular flexibility index (Phi) is 4.15. The fourth-order valence-corrected chi connectivity index (χ4v) is 2.02. The van der Waals surface area contributed by atoms with Crippen LogP contribution >= 0.6 is 0 Å². The SMILES string of the molecule is Cc1cccc(F)c1NC(CC#N)c1ccccc1. The summed E-state index contributed by atoms with van der Waals surface area (Å²) in [6, 6.07) is 16.5. The van der Waals surface area contributed by atoms with Gasteiger partial charge in [0.2, 0.25) is 0 Å². The van der Waals surface area contributed by atoms with E-state index < -0.39 is 0 Å². The average Bonchev–Trinajstić information content (AvgIpc) is 2.43. The maximum Gasteiger partial charge on any atom is 0.146 e. The normalized spacial score (nSPS) is 11.6. The second kappa shape index (κ2) is 6.01. The number of hydrogen-bond acceptors (Lipinski definition) is 2. The molecule has 2 nitrogen and oxygen atoms in total. The summed E-state index contributed by atoms with van der Waals surface area (Å²) >= 11 is 0. The van der Waals surface area contributed by atoms with Crippen molar-refractivity contribution in [3.63, 3.8) is 0 Å². The average molecular weight is 254 g/mol. The zero-order valence-corrected chi connectivity index (χ0v) is 10.7. The first-order valence-corrected chi connectivity index (χ1v) is 6.16. The highest BCUT2D eigenvalue weighted by Gasteiger charge is 2.14. The summed E-state index contributed by atoms with van der Waals surface area (Å²) in [6.07, 6.45) is 0.289. The molecule has 2 aromatic rings. The van der Waals surface area contributed by atoms with Crippen LogP contribution in [0.3, 0.4) is 0 Å². The van der Waals surface area contributed by atoms with Crippen molar-refractivity contribution in [2.24, 2.45) is 0 Å². The Hall–Kier alpha value is -2.34. The van der Waals surface area contributed by atoms with E-state index in [-0.39, 0.29) is 18.3 Å². The second-order valence-corrected chi connectivity index (χ2v) is 4.40. The lowest BCUT2D eigenvalue weighted by Gasteiger charge is -2.19. The predicted molar refractivity (Wildman–Crippen MR) is 74.2 cm³/mol. The standard InChI is InChI=1S/C16H15FN2/c1-12-6-5-9-14(17)16(12)19-15(10-11-18)13-7-3-2-4-8-13/h2-9,15,19H,10H2,1H3. The van der Waals surface area contributed by atoms with Crippen molar-refractivity contribution in [2.45, 2.75) is 19.4 Å². The van der Waals surface area contributed by atoms with Crippen molar-refractivity contribution in [1.29, 1.82) is 5.26 Å². The molecule has 3 heteroatoms. The molecule has 0 spiro atoms. The fourth-order valence-electron chi connectivity index (χ4n) is 2.02. The zero-order valence-electron chi connectivity index (χ0n) is 10.7. The van der Waals surface area contributed by atoms with Crippen LogP contribution in [0, 0.1) is 24.1 Å². The molecule has 0 saturated heterocycles. The van der Waals surface area contributed by atoms with Crippen LogP contribution in [0.25, 0.3) is 0 Å². The van der Waals surface area contributed by atoms with Crippen LogP contribution in [0.15, 0.2) is 48.5 Å². The molecule has 0 saturated carbocycles. The lowest BCUT2D eigenvalue weighted by molar-refractivity contribution is 0.624. The minimum Gasteiger partial charge on any atom is -0.375 e. The summed E-state index contributed by atoms with van der Waals surface area (Å²) in [5, 5.41) is 12.1. The van der Waals surface area contributed by atoms with Crippen LogP contribution in [0.1, 0.15) is 23.6 Å². The molecule has 0 amide bonds. The summed E-state index contributed by atoms with van der Waals surface area (Å²) in [5.41, 5.74) is 2.28. The van der Waals surface area contributed by atoms with Gasteiger partial charge in [-0.1, -0.05) is 42.5 Å². The van der Waals surface area contributed by atoms with Gasteiger partial charge in [0.05, 0.1) is 24.2 Å². The molecule has 0 bridgehead atoms. The highest BCUT2D eigenvalue weighted by atomic mass is 19.1. The quantitative estimate of drug-likeness (QED) is 0.887. The molecule has 0 aliphatic rings. The van der Waals surface area contributed by atoms with Gasteiger partial charge in [-0.05, 0) is 24.1 Å². The Labute approximate surface area is 112 Å². The van der Waals surface area contributed by atoms with E-state index in [1.54, 1.807) is 6.07 Å². The molecule has 1 unspecified atom stereocenters. The third-order valence-corrected chi connectivity index (χ3v) is 3.04. The molecule has 0 aliphatic carbocycles. The Bertz CT molecular complexity index is 567. The lowest BCUT2D eigenvalue weighted by Crippen LogP contribution is -2.12. The van der Waals surface area contributed by atoms with Crippen LogP contribution in [-0.4, -0.2) is 0 Å². The van der Waals surface area contributed by atoms with Crippen molar-refractivity contribution in [3.8, 4) is 6.07 Å². The molecule has 19 heavy (non-hydrogen) atoms. The van der Waals surface area contributed by atoms with Gasteiger partial charge in [0.15, 0.2) is 0 Å². The first kappa shape index (κ1) is 13.1. The van der Waals surface area contributed by atoms with Gasteiger partial charge < -0.3 is 5.32 Å². The Morgan fingerprint density at radius 3 is 2.53 bits per heavy atom. The van der Waals surface area contributed by atoms with E-state index in [0.717, 1.165) is 11.1 Å². The number of hydrogen-bond donors (Lipinski definition) is 1. The van der Waals surface area contributed by atoms with Gasteiger partial charge in [0, 0.05) is 0 Å². The number of nitrogens with zero attached hydrogens (tertiary/aromatic N) is 1. The third-order valence-electron chi connectivity index (χ3n) is 3.04. The molecular weight excluding hydrogens is 239 g/mol. The van der Waals surface area contributed by atoms with Crippen LogP contribution in [0.2, 0.25) is 0 Å². The minimum absolute atomic E-state index is 0.207. The molecule has 2 rings (SSSR count). The fraction of sp³-hybridized carbons (Fsp3) is 0.188. The Morgan fingerprint density at radius 2 is 1.89 bits per heavy atom. The summed E-state index contributed by atoms with van der Waals surface area (Å²) in [4.78, 5) is 0. The Balaban J connectivity index is 2.30. The van der Waals surface area contributed by atoms with E-state index >= 15 is 0 Å².